The average Bonchev–Trinajstić information content (AvgIpc) is 2.28. The molecule has 1 aromatic carbocycles. The van der Waals surface area contributed by atoms with E-state index in [1.807, 2.05) is 0 Å². The van der Waals surface area contributed by atoms with Gasteiger partial charge in [-0.3, -0.25) is 9.36 Å². The Labute approximate surface area is 101 Å². The van der Waals surface area contributed by atoms with Crippen LogP contribution in [-0.4, -0.2) is 20.6 Å². The van der Waals surface area contributed by atoms with E-state index in [4.69, 9.17) is 5.11 Å². The number of halogens is 1. The van der Waals surface area contributed by atoms with Gasteiger partial charge in [0.25, 0.3) is 5.56 Å². The Bertz CT molecular complexity index is 679. The number of carboxylic acid groups (broad SMARTS) is 1. The SMILES string of the molecule is Cc1ncn(-c2cccc(F)c2)c(=O)c1C(=O)O. The third kappa shape index (κ3) is 2.00. The standard InChI is InChI=1S/C12H9FN2O3/c1-7-10(12(17)18)11(16)15(6-14-7)9-4-2-3-8(13)5-9/h2-6H,1H3,(H,17,18). The molecule has 5 nitrogen and oxygen atoms in total. The van der Waals surface area contributed by atoms with E-state index in [1.54, 1.807) is 0 Å². The van der Waals surface area contributed by atoms with Crippen molar-refractivity contribution in [3.8, 4) is 5.69 Å². The largest absolute Gasteiger partial charge is 0.477 e. The lowest BCUT2D eigenvalue weighted by atomic mass is 10.2. The lowest BCUT2D eigenvalue weighted by Gasteiger charge is -2.07. The summed E-state index contributed by atoms with van der Waals surface area (Å²) in [5, 5.41) is 8.95. The quantitative estimate of drug-likeness (QED) is 0.871. The van der Waals surface area contributed by atoms with E-state index in [1.165, 1.54) is 31.5 Å². The van der Waals surface area contributed by atoms with Gasteiger partial charge in [-0.2, -0.15) is 0 Å². The van der Waals surface area contributed by atoms with Crippen LogP contribution in [0.1, 0.15) is 16.1 Å². The number of aromatic nitrogens is 2. The monoisotopic (exact) mass is 248 g/mol. The molecular formula is C12H9FN2O3. The summed E-state index contributed by atoms with van der Waals surface area (Å²) in [5.41, 5.74) is -0.794. The summed E-state index contributed by atoms with van der Waals surface area (Å²) in [6.07, 6.45) is 1.18. The molecular weight excluding hydrogens is 239 g/mol. The Balaban J connectivity index is 2.71. The van der Waals surface area contributed by atoms with E-state index in [-0.39, 0.29) is 11.4 Å². The maximum atomic E-state index is 13.1. The number of nitrogens with zero attached hydrogens (tertiary/aromatic N) is 2. The number of hydrogen-bond donors (Lipinski definition) is 1. The van der Waals surface area contributed by atoms with Crippen LogP contribution in [-0.2, 0) is 0 Å². The number of aryl methyl sites for hydroxylation is 1. The minimum atomic E-state index is -1.35. The van der Waals surface area contributed by atoms with Crippen molar-refractivity contribution in [2.24, 2.45) is 0 Å². The maximum Gasteiger partial charge on any atom is 0.343 e. The fraction of sp³-hybridized carbons (Fsp3) is 0.0833. The summed E-state index contributed by atoms with van der Waals surface area (Å²) in [6, 6.07) is 5.28. The van der Waals surface area contributed by atoms with E-state index in [9.17, 15) is 14.0 Å². The smallest absolute Gasteiger partial charge is 0.343 e. The summed E-state index contributed by atoms with van der Waals surface area (Å²) >= 11 is 0. The lowest BCUT2D eigenvalue weighted by Crippen LogP contribution is -2.27. The van der Waals surface area contributed by atoms with E-state index in [0.29, 0.717) is 0 Å². The van der Waals surface area contributed by atoms with E-state index >= 15 is 0 Å². The molecule has 0 bridgehead atoms. The second-order valence-corrected chi connectivity index (χ2v) is 3.67. The van der Waals surface area contributed by atoms with Crippen molar-refractivity contribution in [3.63, 3.8) is 0 Å². The third-order valence-electron chi connectivity index (χ3n) is 2.46. The van der Waals surface area contributed by atoms with Gasteiger partial charge in [-0.15, -0.1) is 0 Å². The molecule has 92 valence electrons. The van der Waals surface area contributed by atoms with Crippen molar-refractivity contribution in [1.82, 2.24) is 9.55 Å². The highest BCUT2D eigenvalue weighted by Gasteiger charge is 2.16. The minimum absolute atomic E-state index is 0.125. The predicted molar refractivity (Wildman–Crippen MR) is 61.5 cm³/mol. The van der Waals surface area contributed by atoms with Crippen LogP contribution in [0.5, 0.6) is 0 Å². The Morgan fingerprint density at radius 2 is 2.17 bits per heavy atom. The molecule has 0 amide bonds. The van der Waals surface area contributed by atoms with Crippen LogP contribution in [0.3, 0.4) is 0 Å². The van der Waals surface area contributed by atoms with Crippen LogP contribution in [0.25, 0.3) is 5.69 Å². The molecule has 0 fully saturated rings. The lowest BCUT2D eigenvalue weighted by molar-refractivity contribution is 0.0693. The normalized spacial score (nSPS) is 10.3. The molecule has 0 radical (unpaired) electrons. The first-order chi connectivity index (χ1) is 8.50. The molecule has 0 unspecified atom stereocenters. The summed E-state index contributed by atoms with van der Waals surface area (Å²) in [7, 11) is 0. The second kappa shape index (κ2) is 4.40. The topological polar surface area (TPSA) is 72.2 Å². The zero-order valence-electron chi connectivity index (χ0n) is 9.42. The number of benzene rings is 1. The first kappa shape index (κ1) is 12.0. The fourth-order valence-corrected chi connectivity index (χ4v) is 1.59. The Hall–Kier alpha value is -2.50. The molecule has 0 aliphatic heterocycles. The number of hydrogen-bond acceptors (Lipinski definition) is 3. The van der Waals surface area contributed by atoms with Gasteiger partial charge in [0.05, 0.1) is 11.4 Å². The van der Waals surface area contributed by atoms with Gasteiger partial charge in [0, 0.05) is 0 Å². The summed E-state index contributed by atoms with van der Waals surface area (Å²) in [6.45, 7) is 1.43. The van der Waals surface area contributed by atoms with Gasteiger partial charge in [-0.05, 0) is 25.1 Å². The Morgan fingerprint density at radius 1 is 1.44 bits per heavy atom. The molecule has 1 heterocycles. The van der Waals surface area contributed by atoms with Crippen LogP contribution in [0.4, 0.5) is 4.39 Å². The number of aromatic carboxylic acids is 1. The first-order valence-corrected chi connectivity index (χ1v) is 5.08. The van der Waals surface area contributed by atoms with Gasteiger partial charge >= 0.3 is 5.97 Å². The zero-order valence-corrected chi connectivity index (χ0v) is 9.42. The number of rotatable bonds is 2. The van der Waals surface area contributed by atoms with Gasteiger partial charge in [-0.25, -0.2) is 14.2 Å². The summed E-state index contributed by atoms with van der Waals surface area (Å²) in [4.78, 5) is 26.8. The van der Waals surface area contributed by atoms with Gasteiger partial charge < -0.3 is 5.11 Å². The molecule has 0 saturated carbocycles. The Morgan fingerprint density at radius 3 is 2.78 bits per heavy atom. The molecule has 2 aromatic rings. The van der Waals surface area contributed by atoms with Crippen molar-refractivity contribution in [2.75, 3.05) is 0 Å². The minimum Gasteiger partial charge on any atom is -0.477 e. The van der Waals surface area contributed by atoms with Crippen LogP contribution in [0, 0.1) is 12.7 Å². The number of carbonyl (C=O) groups is 1. The molecule has 0 aliphatic rings. The van der Waals surface area contributed by atoms with Gasteiger partial charge in [0.2, 0.25) is 0 Å². The molecule has 0 saturated heterocycles. The third-order valence-corrected chi connectivity index (χ3v) is 2.46. The average molecular weight is 248 g/mol. The van der Waals surface area contributed by atoms with Crippen LogP contribution < -0.4 is 5.56 Å². The van der Waals surface area contributed by atoms with E-state index in [2.05, 4.69) is 4.98 Å². The highest BCUT2D eigenvalue weighted by molar-refractivity contribution is 5.88. The molecule has 0 atom stereocenters. The van der Waals surface area contributed by atoms with Crippen molar-refractivity contribution < 1.29 is 14.3 Å². The van der Waals surface area contributed by atoms with Gasteiger partial charge in [0.15, 0.2) is 0 Å². The van der Waals surface area contributed by atoms with Crippen LogP contribution in [0.15, 0.2) is 35.4 Å². The predicted octanol–water partition coefficient (Wildman–Crippen LogP) is 1.38. The molecule has 6 heteroatoms. The van der Waals surface area contributed by atoms with Gasteiger partial charge in [0.1, 0.15) is 17.7 Å². The van der Waals surface area contributed by atoms with E-state index in [0.717, 1.165) is 10.6 Å². The number of carboxylic acids is 1. The van der Waals surface area contributed by atoms with Crippen LogP contribution in [0.2, 0.25) is 0 Å². The molecule has 1 aromatic heterocycles. The molecule has 1 N–H and O–H groups in total. The van der Waals surface area contributed by atoms with Crippen molar-refractivity contribution in [3.05, 3.63) is 58.0 Å². The fourth-order valence-electron chi connectivity index (χ4n) is 1.59. The first-order valence-electron chi connectivity index (χ1n) is 5.08. The molecule has 18 heavy (non-hydrogen) atoms. The molecule has 0 spiro atoms. The van der Waals surface area contributed by atoms with Crippen molar-refractivity contribution in [1.29, 1.82) is 0 Å². The highest BCUT2D eigenvalue weighted by atomic mass is 19.1. The Kier molecular flexibility index (Phi) is 2.93. The maximum absolute atomic E-state index is 13.1. The van der Waals surface area contributed by atoms with Crippen LogP contribution >= 0.6 is 0 Å². The molecule has 0 aliphatic carbocycles. The highest BCUT2D eigenvalue weighted by Crippen LogP contribution is 2.08. The summed E-state index contributed by atoms with van der Waals surface area (Å²) < 4.78 is 14.1. The van der Waals surface area contributed by atoms with E-state index < -0.39 is 22.9 Å². The van der Waals surface area contributed by atoms with Crippen molar-refractivity contribution >= 4 is 5.97 Å². The van der Waals surface area contributed by atoms with Gasteiger partial charge in [-0.1, -0.05) is 6.07 Å². The zero-order chi connectivity index (χ0) is 13.3. The molecule has 2 rings (SSSR count). The summed E-state index contributed by atoms with van der Waals surface area (Å²) in [5.74, 6) is -1.87. The van der Waals surface area contributed by atoms with Crippen molar-refractivity contribution in [2.45, 2.75) is 6.92 Å². The second-order valence-electron chi connectivity index (χ2n) is 3.67.